The minimum atomic E-state index is -0.243. The van der Waals surface area contributed by atoms with Gasteiger partial charge in [0, 0.05) is 10.2 Å². The topological polar surface area (TPSA) is 47.6 Å². The minimum absolute atomic E-state index is 0.234. The monoisotopic (exact) mass is 429 g/mol. The summed E-state index contributed by atoms with van der Waals surface area (Å²) in [6.45, 7) is 0.234. The van der Waals surface area contributed by atoms with E-state index in [9.17, 15) is 4.79 Å². The Morgan fingerprint density at radius 2 is 1.69 bits per heavy atom. The second-order valence-corrected chi connectivity index (χ2v) is 6.96. The predicted octanol–water partition coefficient (Wildman–Crippen LogP) is 5.75. The van der Waals surface area contributed by atoms with Gasteiger partial charge in [-0.15, -0.1) is 0 Å². The smallest absolute Gasteiger partial charge is 0.257 e. The van der Waals surface area contributed by atoms with Crippen molar-refractivity contribution in [3.63, 3.8) is 0 Å². The molecule has 0 aromatic heterocycles. The quantitative estimate of drug-likeness (QED) is 0.575. The molecule has 0 radical (unpaired) electrons. The molecule has 1 aliphatic rings. The molecule has 1 heterocycles. The largest absolute Gasteiger partial charge is 0.454 e. The summed E-state index contributed by atoms with van der Waals surface area (Å²) in [6, 6.07) is 18.3. The predicted molar refractivity (Wildman–Crippen MR) is 105 cm³/mol. The lowest BCUT2D eigenvalue weighted by Gasteiger charge is -2.09. The Labute approximate surface area is 163 Å². The molecule has 0 spiro atoms. The van der Waals surface area contributed by atoms with Gasteiger partial charge in [-0.1, -0.05) is 51.8 Å². The molecule has 0 aliphatic carbocycles. The van der Waals surface area contributed by atoms with E-state index in [4.69, 9.17) is 21.1 Å². The molecule has 26 heavy (non-hydrogen) atoms. The van der Waals surface area contributed by atoms with Crippen LogP contribution in [0, 0.1) is 0 Å². The third-order valence-corrected chi connectivity index (χ3v) is 5.02. The van der Waals surface area contributed by atoms with Crippen molar-refractivity contribution in [2.75, 3.05) is 12.1 Å². The molecule has 1 amide bonds. The first kappa shape index (κ1) is 16.9. The zero-order chi connectivity index (χ0) is 18.1. The number of carbonyl (C=O) groups is 1. The van der Waals surface area contributed by atoms with Gasteiger partial charge in [0.2, 0.25) is 6.79 Å². The van der Waals surface area contributed by atoms with Gasteiger partial charge in [0.05, 0.1) is 10.6 Å². The maximum atomic E-state index is 12.3. The van der Waals surface area contributed by atoms with Crippen molar-refractivity contribution in [3.8, 4) is 22.6 Å². The van der Waals surface area contributed by atoms with Crippen LogP contribution in [0.3, 0.4) is 0 Å². The number of hydrogen-bond acceptors (Lipinski definition) is 3. The van der Waals surface area contributed by atoms with Gasteiger partial charge >= 0.3 is 0 Å². The summed E-state index contributed by atoms with van der Waals surface area (Å²) in [5.74, 6) is 1.20. The Balaban J connectivity index is 1.56. The van der Waals surface area contributed by atoms with Crippen LogP contribution < -0.4 is 14.8 Å². The van der Waals surface area contributed by atoms with Gasteiger partial charge in [0.1, 0.15) is 0 Å². The molecule has 130 valence electrons. The van der Waals surface area contributed by atoms with Crippen LogP contribution in [0.4, 0.5) is 5.69 Å². The van der Waals surface area contributed by atoms with Crippen molar-refractivity contribution in [1.29, 1.82) is 0 Å². The highest BCUT2D eigenvalue weighted by Gasteiger charge is 2.17. The zero-order valence-corrected chi connectivity index (χ0v) is 15.8. The molecule has 0 fully saturated rings. The van der Waals surface area contributed by atoms with Crippen molar-refractivity contribution in [1.82, 2.24) is 0 Å². The van der Waals surface area contributed by atoms with Crippen LogP contribution in [-0.4, -0.2) is 12.7 Å². The van der Waals surface area contributed by atoms with Crippen LogP contribution in [0.2, 0.25) is 5.02 Å². The first-order valence-electron chi connectivity index (χ1n) is 7.87. The number of amides is 1. The second-order valence-electron chi connectivity index (χ2n) is 5.70. The molecule has 0 unspecified atom stereocenters. The minimum Gasteiger partial charge on any atom is -0.454 e. The van der Waals surface area contributed by atoms with Crippen LogP contribution >= 0.6 is 27.5 Å². The summed E-state index contributed by atoms with van der Waals surface area (Å²) in [6.07, 6.45) is 0. The van der Waals surface area contributed by atoms with Gasteiger partial charge in [-0.3, -0.25) is 4.79 Å². The van der Waals surface area contributed by atoms with E-state index < -0.39 is 0 Å². The Morgan fingerprint density at radius 1 is 1.00 bits per heavy atom. The van der Waals surface area contributed by atoms with Crippen molar-refractivity contribution >= 4 is 39.1 Å². The number of anilines is 1. The third kappa shape index (κ3) is 3.28. The maximum Gasteiger partial charge on any atom is 0.257 e. The van der Waals surface area contributed by atoms with E-state index in [2.05, 4.69) is 21.2 Å². The van der Waals surface area contributed by atoms with Crippen molar-refractivity contribution < 1.29 is 14.3 Å². The van der Waals surface area contributed by atoms with E-state index in [1.54, 1.807) is 24.3 Å². The van der Waals surface area contributed by atoms with Gasteiger partial charge in [-0.25, -0.2) is 0 Å². The second kappa shape index (κ2) is 7.02. The summed E-state index contributed by atoms with van der Waals surface area (Å²) in [5, 5.41) is 3.28. The van der Waals surface area contributed by atoms with E-state index in [0.29, 0.717) is 16.3 Å². The fourth-order valence-electron chi connectivity index (χ4n) is 2.72. The molecular formula is C20H13BrClNO3. The van der Waals surface area contributed by atoms with E-state index in [0.717, 1.165) is 27.1 Å². The number of ether oxygens (including phenoxy) is 2. The lowest BCUT2D eigenvalue weighted by molar-refractivity contribution is 0.102. The zero-order valence-electron chi connectivity index (χ0n) is 13.5. The molecule has 1 aliphatic heterocycles. The SMILES string of the molecule is O=C(Nc1ccc(-c2cc3c(cc2Br)OCO3)cc1)c1ccccc1Cl. The Kier molecular flexibility index (Phi) is 4.57. The Bertz CT molecular complexity index is 989. The Morgan fingerprint density at radius 3 is 2.42 bits per heavy atom. The number of rotatable bonds is 3. The molecule has 4 rings (SSSR count). The fraction of sp³-hybridized carbons (Fsp3) is 0.0500. The average Bonchev–Trinajstić information content (AvgIpc) is 3.09. The highest BCUT2D eigenvalue weighted by molar-refractivity contribution is 9.10. The molecule has 6 heteroatoms. The third-order valence-electron chi connectivity index (χ3n) is 4.03. The summed E-state index contributed by atoms with van der Waals surface area (Å²) in [4.78, 5) is 12.3. The molecular weight excluding hydrogens is 418 g/mol. The summed E-state index contributed by atoms with van der Waals surface area (Å²) in [5.41, 5.74) is 3.11. The number of nitrogens with one attached hydrogen (secondary N) is 1. The number of hydrogen-bond donors (Lipinski definition) is 1. The fourth-order valence-corrected chi connectivity index (χ4v) is 3.49. The van der Waals surface area contributed by atoms with E-state index >= 15 is 0 Å². The number of benzene rings is 3. The first-order chi connectivity index (χ1) is 12.6. The molecule has 0 atom stereocenters. The van der Waals surface area contributed by atoms with Gasteiger partial charge in [0.15, 0.2) is 11.5 Å². The Hall–Kier alpha value is -2.50. The molecule has 1 N–H and O–H groups in total. The lowest BCUT2D eigenvalue weighted by atomic mass is 10.0. The highest BCUT2D eigenvalue weighted by Crippen LogP contribution is 2.41. The standard InChI is InChI=1S/C20H13BrClNO3/c21-16-10-19-18(25-11-26-19)9-15(16)12-5-7-13(8-6-12)23-20(24)14-3-1-2-4-17(14)22/h1-10H,11H2,(H,23,24). The molecule has 3 aromatic carbocycles. The lowest BCUT2D eigenvalue weighted by Crippen LogP contribution is -2.12. The molecule has 0 saturated carbocycles. The van der Waals surface area contributed by atoms with Crippen LogP contribution in [0.15, 0.2) is 65.1 Å². The van der Waals surface area contributed by atoms with Gasteiger partial charge in [-0.05, 0) is 47.5 Å². The van der Waals surface area contributed by atoms with Gasteiger partial charge in [0.25, 0.3) is 5.91 Å². The van der Waals surface area contributed by atoms with E-state index in [-0.39, 0.29) is 12.7 Å². The normalized spacial score (nSPS) is 12.1. The van der Waals surface area contributed by atoms with E-state index in [1.807, 2.05) is 36.4 Å². The van der Waals surface area contributed by atoms with Gasteiger partial charge in [-0.2, -0.15) is 0 Å². The summed E-state index contributed by atoms with van der Waals surface area (Å²) < 4.78 is 11.7. The van der Waals surface area contributed by atoms with Crippen molar-refractivity contribution in [3.05, 3.63) is 75.7 Å². The van der Waals surface area contributed by atoms with Crippen molar-refractivity contribution in [2.24, 2.45) is 0 Å². The molecule has 3 aromatic rings. The summed E-state index contributed by atoms with van der Waals surface area (Å²) in [7, 11) is 0. The van der Waals surface area contributed by atoms with Crippen LogP contribution in [0.1, 0.15) is 10.4 Å². The molecule has 0 saturated heterocycles. The first-order valence-corrected chi connectivity index (χ1v) is 9.04. The van der Waals surface area contributed by atoms with Crippen LogP contribution in [0.25, 0.3) is 11.1 Å². The number of carbonyl (C=O) groups excluding carboxylic acids is 1. The van der Waals surface area contributed by atoms with Crippen molar-refractivity contribution in [2.45, 2.75) is 0 Å². The average molecular weight is 431 g/mol. The maximum absolute atomic E-state index is 12.3. The number of fused-ring (bicyclic) bond motifs is 1. The highest BCUT2D eigenvalue weighted by atomic mass is 79.9. The van der Waals surface area contributed by atoms with Crippen LogP contribution in [-0.2, 0) is 0 Å². The molecule has 0 bridgehead atoms. The van der Waals surface area contributed by atoms with Crippen LogP contribution in [0.5, 0.6) is 11.5 Å². The van der Waals surface area contributed by atoms with E-state index in [1.165, 1.54) is 0 Å². The molecule has 4 nitrogen and oxygen atoms in total. The summed E-state index contributed by atoms with van der Waals surface area (Å²) >= 11 is 9.63. The van der Waals surface area contributed by atoms with Gasteiger partial charge < -0.3 is 14.8 Å². The number of halogens is 2.